The summed E-state index contributed by atoms with van der Waals surface area (Å²) in [5.74, 6) is -0.757. The SMILES string of the molecule is COC(=O)C[C@H](NC(=O)c1cnsn1)c1ccccc1. The maximum absolute atomic E-state index is 12.0. The summed E-state index contributed by atoms with van der Waals surface area (Å²) in [6.07, 6.45) is 1.45. The third-order valence-electron chi connectivity index (χ3n) is 2.70. The third-order valence-corrected chi connectivity index (χ3v) is 3.18. The lowest BCUT2D eigenvalue weighted by atomic mass is 10.0. The van der Waals surface area contributed by atoms with Crippen LogP contribution in [0, 0.1) is 0 Å². The summed E-state index contributed by atoms with van der Waals surface area (Å²) < 4.78 is 12.3. The van der Waals surface area contributed by atoms with Crippen molar-refractivity contribution in [2.45, 2.75) is 12.5 Å². The van der Waals surface area contributed by atoms with E-state index in [9.17, 15) is 9.59 Å². The van der Waals surface area contributed by atoms with Crippen LogP contribution in [0.1, 0.15) is 28.5 Å². The summed E-state index contributed by atoms with van der Waals surface area (Å²) in [6, 6.07) is 8.77. The Morgan fingerprint density at radius 1 is 1.35 bits per heavy atom. The van der Waals surface area contributed by atoms with Gasteiger partial charge in [-0.25, -0.2) is 0 Å². The van der Waals surface area contributed by atoms with Crippen LogP contribution in [0.25, 0.3) is 0 Å². The molecule has 1 aromatic carbocycles. The molecule has 1 amide bonds. The van der Waals surface area contributed by atoms with E-state index < -0.39 is 12.0 Å². The van der Waals surface area contributed by atoms with Crippen LogP contribution in [0.15, 0.2) is 36.5 Å². The Morgan fingerprint density at radius 2 is 2.10 bits per heavy atom. The van der Waals surface area contributed by atoms with Gasteiger partial charge in [0.2, 0.25) is 0 Å². The molecule has 0 spiro atoms. The highest BCUT2D eigenvalue weighted by atomic mass is 32.1. The average Bonchev–Trinajstić information content (AvgIpc) is 3.01. The van der Waals surface area contributed by atoms with Crippen LogP contribution in [-0.2, 0) is 9.53 Å². The number of rotatable bonds is 5. The lowest BCUT2D eigenvalue weighted by molar-refractivity contribution is -0.141. The lowest BCUT2D eigenvalue weighted by Gasteiger charge is -2.17. The number of nitrogens with zero attached hydrogens (tertiary/aromatic N) is 2. The second-order valence-corrected chi connectivity index (χ2v) is 4.57. The first kappa shape index (κ1) is 14.1. The molecule has 0 saturated heterocycles. The summed E-state index contributed by atoms with van der Waals surface area (Å²) in [5.41, 5.74) is 1.07. The molecule has 1 aromatic heterocycles. The van der Waals surface area contributed by atoms with E-state index >= 15 is 0 Å². The molecular formula is C13H13N3O3S. The molecule has 0 aliphatic carbocycles. The van der Waals surface area contributed by atoms with Crippen molar-refractivity contribution in [1.29, 1.82) is 0 Å². The van der Waals surface area contributed by atoms with Crippen molar-refractivity contribution in [1.82, 2.24) is 14.1 Å². The van der Waals surface area contributed by atoms with Gasteiger partial charge in [-0.1, -0.05) is 30.3 Å². The number of hydrogen-bond acceptors (Lipinski definition) is 6. The molecule has 2 rings (SSSR count). The highest BCUT2D eigenvalue weighted by molar-refractivity contribution is 6.99. The molecule has 1 heterocycles. The Labute approximate surface area is 120 Å². The van der Waals surface area contributed by atoms with Gasteiger partial charge in [0.05, 0.1) is 37.5 Å². The Hall–Kier alpha value is -2.28. The Bertz CT molecular complexity index is 572. The van der Waals surface area contributed by atoms with Crippen molar-refractivity contribution >= 4 is 23.6 Å². The minimum Gasteiger partial charge on any atom is -0.469 e. The largest absolute Gasteiger partial charge is 0.469 e. The van der Waals surface area contributed by atoms with E-state index in [-0.39, 0.29) is 18.0 Å². The summed E-state index contributed by atoms with van der Waals surface area (Å²) in [4.78, 5) is 23.5. The topological polar surface area (TPSA) is 81.2 Å². The smallest absolute Gasteiger partial charge is 0.307 e. The van der Waals surface area contributed by atoms with Gasteiger partial charge >= 0.3 is 5.97 Å². The highest BCUT2D eigenvalue weighted by Crippen LogP contribution is 2.17. The minimum absolute atomic E-state index is 0.0593. The zero-order valence-corrected chi connectivity index (χ0v) is 11.6. The first-order valence-electron chi connectivity index (χ1n) is 5.91. The summed E-state index contributed by atoms with van der Waals surface area (Å²) in [7, 11) is 1.32. The Morgan fingerprint density at radius 3 is 2.70 bits per heavy atom. The zero-order chi connectivity index (χ0) is 14.4. The van der Waals surface area contributed by atoms with Crippen LogP contribution >= 0.6 is 11.7 Å². The van der Waals surface area contributed by atoms with Crippen molar-refractivity contribution < 1.29 is 14.3 Å². The molecule has 0 saturated carbocycles. The molecule has 1 N–H and O–H groups in total. The molecule has 0 unspecified atom stereocenters. The van der Waals surface area contributed by atoms with E-state index in [2.05, 4.69) is 18.8 Å². The number of benzene rings is 1. The second-order valence-electron chi connectivity index (χ2n) is 4.01. The molecule has 0 radical (unpaired) electrons. The van der Waals surface area contributed by atoms with Crippen LogP contribution in [0.4, 0.5) is 0 Å². The van der Waals surface area contributed by atoms with E-state index in [4.69, 9.17) is 0 Å². The van der Waals surface area contributed by atoms with Gasteiger partial charge in [-0.2, -0.15) is 8.75 Å². The van der Waals surface area contributed by atoms with Crippen molar-refractivity contribution in [3.8, 4) is 0 Å². The normalized spacial score (nSPS) is 11.7. The molecule has 2 aromatic rings. The van der Waals surface area contributed by atoms with Crippen LogP contribution in [0.2, 0.25) is 0 Å². The highest BCUT2D eigenvalue weighted by Gasteiger charge is 2.20. The number of nitrogens with one attached hydrogen (secondary N) is 1. The van der Waals surface area contributed by atoms with Crippen LogP contribution in [0.5, 0.6) is 0 Å². The number of carbonyl (C=O) groups excluding carboxylic acids is 2. The van der Waals surface area contributed by atoms with Crippen molar-refractivity contribution in [3.05, 3.63) is 47.8 Å². The number of amides is 1. The van der Waals surface area contributed by atoms with Crippen molar-refractivity contribution in [2.75, 3.05) is 7.11 Å². The molecule has 0 fully saturated rings. The lowest BCUT2D eigenvalue weighted by Crippen LogP contribution is -2.30. The Kier molecular flexibility index (Phi) is 4.78. The standard InChI is InChI=1S/C13H13N3O3S/c1-19-12(17)7-10(9-5-3-2-4-6-9)15-13(18)11-8-14-20-16-11/h2-6,8,10H,7H2,1H3,(H,15,18)/t10-/m0/s1. The van der Waals surface area contributed by atoms with Gasteiger partial charge in [-0.05, 0) is 5.56 Å². The molecule has 0 aliphatic rings. The van der Waals surface area contributed by atoms with E-state index in [0.29, 0.717) is 0 Å². The number of carbonyl (C=O) groups is 2. The van der Waals surface area contributed by atoms with Gasteiger partial charge < -0.3 is 10.1 Å². The third kappa shape index (κ3) is 3.61. The number of esters is 1. The Balaban J connectivity index is 2.14. The molecule has 1 atom stereocenters. The van der Waals surface area contributed by atoms with Gasteiger partial charge in [0.1, 0.15) is 0 Å². The van der Waals surface area contributed by atoms with Gasteiger partial charge in [0, 0.05) is 0 Å². The number of aromatic nitrogens is 2. The quantitative estimate of drug-likeness (QED) is 0.846. The summed E-state index contributed by atoms with van der Waals surface area (Å²) in [5, 5.41) is 2.77. The van der Waals surface area contributed by atoms with Gasteiger partial charge in [0.15, 0.2) is 5.69 Å². The minimum atomic E-state index is -0.460. The number of ether oxygens (including phenoxy) is 1. The first-order valence-corrected chi connectivity index (χ1v) is 6.64. The zero-order valence-electron chi connectivity index (χ0n) is 10.8. The van der Waals surface area contributed by atoms with E-state index in [1.165, 1.54) is 13.3 Å². The summed E-state index contributed by atoms with van der Waals surface area (Å²) in [6.45, 7) is 0. The number of hydrogen-bond donors (Lipinski definition) is 1. The van der Waals surface area contributed by atoms with Crippen molar-refractivity contribution in [2.24, 2.45) is 0 Å². The van der Waals surface area contributed by atoms with Gasteiger partial charge in [-0.3, -0.25) is 9.59 Å². The van der Waals surface area contributed by atoms with Crippen LogP contribution in [-0.4, -0.2) is 27.7 Å². The van der Waals surface area contributed by atoms with Gasteiger partial charge in [0.25, 0.3) is 5.91 Å². The molecule has 7 heteroatoms. The van der Waals surface area contributed by atoms with E-state index in [0.717, 1.165) is 17.3 Å². The predicted octanol–water partition coefficient (Wildman–Crippen LogP) is 1.57. The monoisotopic (exact) mass is 291 g/mol. The fourth-order valence-corrected chi connectivity index (χ4v) is 2.10. The fraction of sp³-hybridized carbons (Fsp3) is 0.231. The average molecular weight is 291 g/mol. The van der Waals surface area contributed by atoms with Crippen LogP contribution in [0.3, 0.4) is 0 Å². The van der Waals surface area contributed by atoms with Crippen LogP contribution < -0.4 is 5.32 Å². The fourth-order valence-electron chi connectivity index (χ4n) is 1.68. The predicted molar refractivity (Wildman–Crippen MR) is 73.2 cm³/mol. The summed E-state index contributed by atoms with van der Waals surface area (Å²) >= 11 is 0.957. The molecule has 0 aliphatic heterocycles. The first-order chi connectivity index (χ1) is 9.70. The van der Waals surface area contributed by atoms with E-state index in [1.807, 2.05) is 30.3 Å². The second kappa shape index (κ2) is 6.76. The van der Waals surface area contributed by atoms with E-state index in [1.54, 1.807) is 0 Å². The molecule has 104 valence electrons. The maximum atomic E-state index is 12.0. The maximum Gasteiger partial charge on any atom is 0.307 e. The molecule has 20 heavy (non-hydrogen) atoms. The van der Waals surface area contributed by atoms with Crippen molar-refractivity contribution in [3.63, 3.8) is 0 Å². The molecular weight excluding hydrogens is 278 g/mol. The molecule has 0 bridgehead atoms. The van der Waals surface area contributed by atoms with Gasteiger partial charge in [-0.15, -0.1) is 0 Å². The molecule has 6 nitrogen and oxygen atoms in total. The number of methoxy groups -OCH3 is 1.